The average molecular weight is 365 g/mol. The van der Waals surface area contributed by atoms with Crippen molar-refractivity contribution in [3.05, 3.63) is 70.7 Å². The van der Waals surface area contributed by atoms with E-state index < -0.39 is 23.5 Å². The topological polar surface area (TPSA) is 42.2 Å². The molecule has 0 aliphatic carbocycles. The largest absolute Gasteiger partial charge is 0.478 e. The summed E-state index contributed by atoms with van der Waals surface area (Å²) in [5.74, 6) is -1.97. The van der Waals surface area contributed by atoms with Gasteiger partial charge in [-0.2, -0.15) is 13.2 Å². The number of aromatic carboxylic acids is 1. The van der Waals surface area contributed by atoms with Crippen LogP contribution in [0.3, 0.4) is 0 Å². The molecule has 3 aromatic rings. The molecule has 0 aliphatic rings. The summed E-state index contributed by atoms with van der Waals surface area (Å²) in [5, 5.41) is 9.78. The Hall–Kier alpha value is -2.83. The van der Waals surface area contributed by atoms with Crippen molar-refractivity contribution < 1.29 is 27.5 Å². The summed E-state index contributed by atoms with van der Waals surface area (Å²) in [4.78, 5) is 11.1. The molecule has 0 fully saturated rings. The molecule has 7 heteroatoms. The van der Waals surface area contributed by atoms with Gasteiger partial charge in [0.05, 0.1) is 11.1 Å². The van der Waals surface area contributed by atoms with Crippen molar-refractivity contribution >= 4 is 16.9 Å². The summed E-state index contributed by atoms with van der Waals surface area (Å²) in [6.45, 7) is 2.45. The molecular weight excluding hydrogens is 350 g/mol. The van der Waals surface area contributed by atoms with Gasteiger partial charge in [0.15, 0.2) is 0 Å². The van der Waals surface area contributed by atoms with Gasteiger partial charge in [-0.05, 0) is 48.9 Å². The standard InChI is InChI=1S/C19H15F4NO2/c1-2-24-15(9-13-7-12(18(25)26)4-6-17(13)24)8-11-3-5-14(10-16(11)20)19(21,22)23/h3-7,9-10H,2,8H2,1H3,(H,25,26). The van der Waals surface area contributed by atoms with Crippen LogP contribution < -0.4 is 0 Å². The fourth-order valence-electron chi connectivity index (χ4n) is 3.04. The van der Waals surface area contributed by atoms with Gasteiger partial charge in [0, 0.05) is 29.6 Å². The van der Waals surface area contributed by atoms with E-state index in [1.165, 1.54) is 12.1 Å². The third-order valence-electron chi connectivity index (χ3n) is 4.30. The lowest BCUT2D eigenvalue weighted by Gasteiger charge is -2.11. The molecule has 0 aliphatic heterocycles. The van der Waals surface area contributed by atoms with Crippen LogP contribution in [-0.4, -0.2) is 15.6 Å². The highest BCUT2D eigenvalue weighted by molar-refractivity contribution is 5.94. The Kier molecular flexibility index (Phi) is 4.48. The maximum atomic E-state index is 14.1. The van der Waals surface area contributed by atoms with Crippen molar-refractivity contribution in [2.24, 2.45) is 0 Å². The SMILES string of the molecule is CCn1c(Cc2ccc(C(F)(F)F)cc2F)cc2cc(C(=O)O)ccc21. The molecule has 1 aromatic heterocycles. The van der Waals surface area contributed by atoms with E-state index in [0.29, 0.717) is 23.7 Å². The number of hydrogen-bond acceptors (Lipinski definition) is 1. The number of carboxylic acids is 1. The number of aromatic nitrogens is 1. The highest BCUT2D eigenvalue weighted by Crippen LogP contribution is 2.31. The second kappa shape index (κ2) is 6.48. The molecule has 3 rings (SSSR count). The molecule has 0 spiro atoms. The van der Waals surface area contributed by atoms with Crippen LogP contribution in [0.2, 0.25) is 0 Å². The van der Waals surface area contributed by atoms with Crippen LogP contribution in [0.5, 0.6) is 0 Å². The second-order valence-electron chi connectivity index (χ2n) is 5.94. The molecule has 0 unspecified atom stereocenters. The molecule has 0 atom stereocenters. The zero-order chi connectivity index (χ0) is 19.1. The lowest BCUT2D eigenvalue weighted by molar-refractivity contribution is -0.137. The monoisotopic (exact) mass is 365 g/mol. The number of carboxylic acid groups (broad SMARTS) is 1. The highest BCUT2D eigenvalue weighted by Gasteiger charge is 2.31. The quantitative estimate of drug-likeness (QED) is 0.653. The predicted molar refractivity (Wildman–Crippen MR) is 88.8 cm³/mol. The van der Waals surface area contributed by atoms with E-state index in [1.807, 2.05) is 11.5 Å². The molecule has 3 nitrogen and oxygen atoms in total. The van der Waals surface area contributed by atoms with Crippen LogP contribution in [-0.2, 0) is 19.1 Å². The number of aryl methyl sites for hydroxylation is 1. The van der Waals surface area contributed by atoms with Gasteiger partial charge in [0.25, 0.3) is 0 Å². The van der Waals surface area contributed by atoms with Gasteiger partial charge in [-0.3, -0.25) is 0 Å². The van der Waals surface area contributed by atoms with Crippen LogP contribution in [0.25, 0.3) is 10.9 Å². The van der Waals surface area contributed by atoms with Gasteiger partial charge in [0.2, 0.25) is 0 Å². The van der Waals surface area contributed by atoms with Crippen LogP contribution in [0.15, 0.2) is 42.5 Å². The molecular formula is C19H15F4NO2. The summed E-state index contributed by atoms with van der Waals surface area (Å²) in [7, 11) is 0. The smallest absolute Gasteiger partial charge is 0.416 e. The fourth-order valence-corrected chi connectivity index (χ4v) is 3.04. The van der Waals surface area contributed by atoms with Crippen LogP contribution >= 0.6 is 0 Å². The summed E-state index contributed by atoms with van der Waals surface area (Å²) >= 11 is 0. The van der Waals surface area contributed by atoms with Crippen molar-refractivity contribution in [2.75, 3.05) is 0 Å². The van der Waals surface area contributed by atoms with E-state index in [4.69, 9.17) is 5.11 Å². The van der Waals surface area contributed by atoms with Crippen molar-refractivity contribution in [1.82, 2.24) is 4.57 Å². The first-order valence-electron chi connectivity index (χ1n) is 7.91. The molecule has 26 heavy (non-hydrogen) atoms. The first kappa shape index (κ1) is 18.0. The van der Waals surface area contributed by atoms with Crippen molar-refractivity contribution in [3.8, 4) is 0 Å². The van der Waals surface area contributed by atoms with E-state index in [-0.39, 0.29) is 17.5 Å². The normalized spacial score (nSPS) is 11.9. The third kappa shape index (κ3) is 3.29. The number of rotatable bonds is 4. The Morgan fingerprint density at radius 2 is 1.85 bits per heavy atom. The third-order valence-corrected chi connectivity index (χ3v) is 4.30. The molecule has 0 saturated heterocycles. The van der Waals surface area contributed by atoms with E-state index in [9.17, 15) is 22.4 Å². The molecule has 0 saturated carbocycles. The van der Waals surface area contributed by atoms with Crippen LogP contribution in [0.1, 0.15) is 34.1 Å². The molecule has 136 valence electrons. The van der Waals surface area contributed by atoms with Crippen LogP contribution in [0, 0.1) is 5.82 Å². The fraction of sp³-hybridized carbons (Fsp3) is 0.211. The highest BCUT2D eigenvalue weighted by atomic mass is 19.4. The maximum absolute atomic E-state index is 14.1. The average Bonchev–Trinajstić information content (AvgIpc) is 2.91. The predicted octanol–water partition coefficient (Wildman–Crippen LogP) is 5.11. The second-order valence-corrected chi connectivity index (χ2v) is 5.94. The van der Waals surface area contributed by atoms with Gasteiger partial charge in [0.1, 0.15) is 5.82 Å². The summed E-state index contributed by atoms with van der Waals surface area (Å²) in [5.41, 5.74) is 0.747. The number of hydrogen-bond donors (Lipinski definition) is 1. The van der Waals surface area contributed by atoms with Crippen LogP contribution in [0.4, 0.5) is 17.6 Å². The van der Waals surface area contributed by atoms with Gasteiger partial charge in [-0.1, -0.05) is 6.07 Å². The Morgan fingerprint density at radius 1 is 1.12 bits per heavy atom. The zero-order valence-electron chi connectivity index (χ0n) is 13.8. The van der Waals surface area contributed by atoms with E-state index in [0.717, 1.165) is 17.6 Å². The minimum Gasteiger partial charge on any atom is -0.478 e. The molecule has 2 aromatic carbocycles. The molecule has 0 amide bonds. The lowest BCUT2D eigenvalue weighted by Crippen LogP contribution is -2.07. The van der Waals surface area contributed by atoms with Gasteiger partial charge < -0.3 is 9.67 Å². The van der Waals surface area contributed by atoms with Crippen molar-refractivity contribution in [1.29, 1.82) is 0 Å². The maximum Gasteiger partial charge on any atom is 0.416 e. The minimum absolute atomic E-state index is 0.106. The number of fused-ring (bicyclic) bond motifs is 1. The molecule has 1 N–H and O–H groups in total. The molecule has 0 radical (unpaired) electrons. The first-order chi connectivity index (χ1) is 12.2. The molecule has 0 bridgehead atoms. The number of halogens is 4. The van der Waals surface area contributed by atoms with Gasteiger partial charge >= 0.3 is 12.1 Å². The minimum atomic E-state index is -4.59. The molecule has 1 heterocycles. The summed E-state index contributed by atoms with van der Waals surface area (Å²) < 4.78 is 54.0. The number of nitrogens with zero attached hydrogens (tertiary/aromatic N) is 1. The Bertz CT molecular complexity index is 989. The Morgan fingerprint density at radius 3 is 2.42 bits per heavy atom. The summed E-state index contributed by atoms with van der Waals surface area (Å²) in [6, 6.07) is 8.92. The van der Waals surface area contributed by atoms with E-state index >= 15 is 0 Å². The van der Waals surface area contributed by atoms with E-state index in [1.54, 1.807) is 12.1 Å². The number of alkyl halides is 3. The Labute approximate surface area is 146 Å². The van der Waals surface area contributed by atoms with Gasteiger partial charge in [-0.25, -0.2) is 9.18 Å². The number of carbonyl (C=O) groups is 1. The lowest BCUT2D eigenvalue weighted by atomic mass is 10.1. The van der Waals surface area contributed by atoms with Crippen molar-refractivity contribution in [3.63, 3.8) is 0 Å². The van der Waals surface area contributed by atoms with Gasteiger partial charge in [-0.15, -0.1) is 0 Å². The zero-order valence-corrected chi connectivity index (χ0v) is 13.8. The summed E-state index contributed by atoms with van der Waals surface area (Å²) in [6.07, 6.45) is -4.49. The Balaban J connectivity index is 2.02. The van der Waals surface area contributed by atoms with Crippen molar-refractivity contribution in [2.45, 2.75) is 26.1 Å². The first-order valence-corrected chi connectivity index (χ1v) is 7.91. The van der Waals surface area contributed by atoms with E-state index in [2.05, 4.69) is 0 Å². The number of benzene rings is 2.